The second-order valence-electron chi connectivity index (χ2n) is 8.15. The fraction of sp³-hybridized carbons (Fsp3) is 0.708. The zero-order valence-corrected chi connectivity index (χ0v) is 22.5. The molecule has 1 aromatic rings. The van der Waals surface area contributed by atoms with Gasteiger partial charge in [0, 0.05) is 39.3 Å². The van der Waals surface area contributed by atoms with E-state index in [1.807, 2.05) is 0 Å². The molecule has 0 amide bonds. The van der Waals surface area contributed by atoms with E-state index in [0.717, 1.165) is 38.7 Å². The molecule has 2 N–H and O–H groups in total. The molecule has 178 valence electrons. The molecule has 1 aliphatic heterocycles. The Morgan fingerprint density at radius 1 is 1.00 bits per heavy atom. The zero-order valence-electron chi connectivity index (χ0n) is 20.1. The van der Waals surface area contributed by atoms with Gasteiger partial charge >= 0.3 is 0 Å². The molecule has 0 aromatic heterocycles. The number of hydrogen-bond donors (Lipinski definition) is 2. The number of guanidine groups is 1. The molecule has 0 radical (unpaired) electrons. The van der Waals surface area contributed by atoms with Crippen LogP contribution in [0.5, 0.6) is 0 Å². The van der Waals surface area contributed by atoms with Crippen molar-refractivity contribution in [2.75, 3.05) is 72.5 Å². The average molecular weight is 545 g/mol. The van der Waals surface area contributed by atoms with Crippen molar-refractivity contribution in [3.8, 4) is 0 Å². The Bertz CT molecular complexity index is 585. The number of nitrogens with zero attached hydrogens (tertiary/aromatic N) is 4. The van der Waals surface area contributed by atoms with Crippen LogP contribution in [0, 0.1) is 0 Å². The first-order chi connectivity index (χ1) is 14.7. The van der Waals surface area contributed by atoms with Gasteiger partial charge in [0.15, 0.2) is 5.96 Å². The first kappa shape index (κ1) is 28.1. The number of hydrogen-bond acceptors (Lipinski definition) is 4. The van der Waals surface area contributed by atoms with Gasteiger partial charge in [-0.05, 0) is 52.0 Å². The molecule has 0 aliphatic carbocycles. The Morgan fingerprint density at radius 3 is 2.29 bits per heavy atom. The minimum absolute atomic E-state index is 0. The summed E-state index contributed by atoms with van der Waals surface area (Å²) in [5, 5.41) is 6.95. The third-order valence-electron chi connectivity index (χ3n) is 5.99. The lowest BCUT2D eigenvalue weighted by molar-refractivity contribution is 0.152. The summed E-state index contributed by atoms with van der Waals surface area (Å²) in [6.45, 7) is 17.3. The predicted molar refractivity (Wildman–Crippen MR) is 145 cm³/mol. The van der Waals surface area contributed by atoms with Crippen LogP contribution in [-0.2, 0) is 0 Å². The van der Waals surface area contributed by atoms with Crippen molar-refractivity contribution in [1.29, 1.82) is 0 Å². The molecular weight excluding hydrogens is 499 g/mol. The van der Waals surface area contributed by atoms with Crippen LogP contribution in [0.15, 0.2) is 35.3 Å². The summed E-state index contributed by atoms with van der Waals surface area (Å²) in [5.41, 5.74) is 1.34. The van der Waals surface area contributed by atoms with Crippen molar-refractivity contribution in [2.24, 2.45) is 4.99 Å². The molecule has 1 aliphatic rings. The van der Waals surface area contributed by atoms with E-state index in [4.69, 9.17) is 4.99 Å². The van der Waals surface area contributed by atoms with Crippen LogP contribution >= 0.6 is 24.0 Å². The van der Waals surface area contributed by atoms with Gasteiger partial charge in [0.1, 0.15) is 0 Å². The van der Waals surface area contributed by atoms with E-state index in [9.17, 15) is 0 Å². The van der Waals surface area contributed by atoms with Crippen molar-refractivity contribution in [3.05, 3.63) is 35.9 Å². The fourth-order valence-corrected chi connectivity index (χ4v) is 4.03. The molecule has 1 aromatic carbocycles. The van der Waals surface area contributed by atoms with Crippen molar-refractivity contribution < 1.29 is 0 Å². The highest BCUT2D eigenvalue weighted by Crippen LogP contribution is 2.20. The topological polar surface area (TPSA) is 46.1 Å². The Kier molecular flexibility index (Phi) is 15.2. The maximum atomic E-state index is 4.94. The Labute approximate surface area is 207 Å². The lowest BCUT2D eigenvalue weighted by atomic mass is 10.1. The molecule has 7 heteroatoms. The molecule has 0 saturated carbocycles. The van der Waals surface area contributed by atoms with Gasteiger partial charge in [-0.3, -0.25) is 9.89 Å². The summed E-state index contributed by atoms with van der Waals surface area (Å²) in [6.07, 6.45) is 2.41. The summed E-state index contributed by atoms with van der Waals surface area (Å²) >= 11 is 0. The Hall–Kier alpha value is -0.900. The van der Waals surface area contributed by atoms with E-state index in [2.05, 4.69) is 83.5 Å². The molecule has 1 unspecified atom stereocenters. The number of aliphatic imine (C=N–C) groups is 1. The maximum absolute atomic E-state index is 4.94. The van der Waals surface area contributed by atoms with Gasteiger partial charge in [0.05, 0.1) is 12.6 Å². The van der Waals surface area contributed by atoms with Gasteiger partial charge in [-0.25, -0.2) is 0 Å². The molecule has 6 nitrogen and oxygen atoms in total. The third kappa shape index (κ3) is 10.5. The summed E-state index contributed by atoms with van der Waals surface area (Å²) < 4.78 is 0. The van der Waals surface area contributed by atoms with Crippen LogP contribution in [0.25, 0.3) is 0 Å². The van der Waals surface area contributed by atoms with E-state index >= 15 is 0 Å². The van der Waals surface area contributed by atoms with Gasteiger partial charge in [-0.15, -0.1) is 24.0 Å². The molecule has 1 heterocycles. The minimum Gasteiger partial charge on any atom is -0.357 e. The van der Waals surface area contributed by atoms with Crippen molar-refractivity contribution >= 4 is 29.9 Å². The number of unbranched alkanes of at least 4 members (excludes halogenated alkanes) is 1. The number of likely N-dealkylation sites (N-methyl/N-ethyl adjacent to an activating group) is 2. The van der Waals surface area contributed by atoms with Gasteiger partial charge in [0.2, 0.25) is 0 Å². The van der Waals surface area contributed by atoms with E-state index < -0.39 is 0 Å². The molecule has 0 spiro atoms. The molecule has 1 atom stereocenters. The van der Waals surface area contributed by atoms with Gasteiger partial charge in [-0.2, -0.15) is 0 Å². The van der Waals surface area contributed by atoms with Crippen LogP contribution in [0.2, 0.25) is 0 Å². The van der Waals surface area contributed by atoms with Crippen LogP contribution in [0.4, 0.5) is 0 Å². The van der Waals surface area contributed by atoms with E-state index in [1.165, 1.54) is 51.1 Å². The van der Waals surface area contributed by atoms with Gasteiger partial charge < -0.3 is 20.4 Å². The van der Waals surface area contributed by atoms with E-state index in [1.54, 1.807) is 0 Å². The first-order valence-electron chi connectivity index (χ1n) is 11.9. The SMILES string of the molecule is CCNC(=NCC(c1ccccc1)N(CC)CC)NCCCCN1CCN(C)CC1.I. The molecule has 1 fully saturated rings. The summed E-state index contributed by atoms with van der Waals surface area (Å²) in [6, 6.07) is 11.1. The second-order valence-corrected chi connectivity index (χ2v) is 8.15. The molecular formula is C24H45IN6. The number of benzene rings is 1. The van der Waals surface area contributed by atoms with Gasteiger partial charge in [0.25, 0.3) is 0 Å². The van der Waals surface area contributed by atoms with E-state index in [0.29, 0.717) is 6.04 Å². The zero-order chi connectivity index (χ0) is 21.6. The Balaban J connectivity index is 0.00000480. The number of piperazine rings is 1. The van der Waals surface area contributed by atoms with Crippen molar-refractivity contribution in [3.63, 3.8) is 0 Å². The smallest absolute Gasteiger partial charge is 0.191 e. The fourth-order valence-electron chi connectivity index (χ4n) is 4.03. The van der Waals surface area contributed by atoms with Crippen LogP contribution in [-0.4, -0.2) is 93.2 Å². The highest BCUT2D eigenvalue weighted by molar-refractivity contribution is 14.0. The average Bonchev–Trinajstić information content (AvgIpc) is 2.78. The highest BCUT2D eigenvalue weighted by atomic mass is 127. The largest absolute Gasteiger partial charge is 0.357 e. The third-order valence-corrected chi connectivity index (χ3v) is 5.99. The summed E-state index contributed by atoms with van der Waals surface area (Å²) in [5.74, 6) is 0.935. The minimum atomic E-state index is 0. The first-order valence-corrected chi connectivity index (χ1v) is 11.9. The van der Waals surface area contributed by atoms with Crippen LogP contribution < -0.4 is 10.6 Å². The second kappa shape index (κ2) is 16.7. The molecule has 0 bridgehead atoms. The lowest BCUT2D eigenvalue weighted by Crippen LogP contribution is -2.44. The van der Waals surface area contributed by atoms with Crippen LogP contribution in [0.3, 0.4) is 0 Å². The molecule has 1 saturated heterocycles. The molecule has 2 rings (SSSR count). The summed E-state index contributed by atoms with van der Waals surface area (Å²) in [4.78, 5) is 12.4. The number of rotatable bonds is 12. The quantitative estimate of drug-likeness (QED) is 0.183. The van der Waals surface area contributed by atoms with E-state index in [-0.39, 0.29) is 24.0 Å². The monoisotopic (exact) mass is 544 g/mol. The predicted octanol–water partition coefficient (Wildman–Crippen LogP) is 3.27. The van der Waals surface area contributed by atoms with Crippen molar-refractivity contribution in [1.82, 2.24) is 25.3 Å². The molecule has 31 heavy (non-hydrogen) atoms. The normalized spacial score (nSPS) is 16.7. The van der Waals surface area contributed by atoms with Gasteiger partial charge in [-0.1, -0.05) is 44.2 Å². The Morgan fingerprint density at radius 2 is 1.68 bits per heavy atom. The van der Waals surface area contributed by atoms with Crippen LogP contribution in [0.1, 0.15) is 45.2 Å². The highest BCUT2D eigenvalue weighted by Gasteiger charge is 2.17. The number of halogens is 1. The standard InChI is InChI=1S/C24H44N6.HI/c1-5-25-24(26-15-11-12-16-29-19-17-28(4)18-20-29)27-21-23(30(6-2)7-3)22-13-9-8-10-14-22;/h8-10,13-14,23H,5-7,11-12,15-21H2,1-4H3,(H2,25,26,27);1H. The van der Waals surface area contributed by atoms with Crippen molar-refractivity contribution in [2.45, 2.75) is 39.7 Å². The lowest BCUT2D eigenvalue weighted by Gasteiger charge is -2.32. The summed E-state index contributed by atoms with van der Waals surface area (Å²) in [7, 11) is 2.21. The maximum Gasteiger partial charge on any atom is 0.191 e. The number of nitrogens with one attached hydrogen (secondary N) is 2.